The molecule has 0 aliphatic rings. The first-order chi connectivity index (χ1) is 9.82. The molecule has 114 valence electrons. The fraction of sp³-hybridized carbons (Fsp3) is 0.500. The maximum atomic E-state index is 6.14. The number of hydrogen-bond acceptors (Lipinski definition) is 4. The van der Waals surface area contributed by atoms with Crippen molar-refractivity contribution in [2.45, 2.75) is 46.1 Å². The summed E-state index contributed by atoms with van der Waals surface area (Å²) in [6, 6.07) is 8.16. The lowest BCUT2D eigenvalue weighted by Crippen LogP contribution is -2.28. The van der Waals surface area contributed by atoms with Gasteiger partial charge in [-0.05, 0) is 29.5 Å². The molecule has 0 spiro atoms. The molecule has 0 saturated carbocycles. The van der Waals surface area contributed by atoms with Gasteiger partial charge in [0.2, 0.25) is 5.89 Å². The van der Waals surface area contributed by atoms with Gasteiger partial charge in [-0.1, -0.05) is 54.0 Å². The monoisotopic (exact) mass is 351 g/mol. The van der Waals surface area contributed by atoms with Crippen LogP contribution in [0.2, 0.25) is 0 Å². The fourth-order valence-electron chi connectivity index (χ4n) is 2.31. The van der Waals surface area contributed by atoms with Gasteiger partial charge in [-0.2, -0.15) is 4.98 Å². The molecule has 1 aromatic heterocycles. The highest BCUT2D eigenvalue weighted by atomic mass is 79.9. The highest BCUT2D eigenvalue weighted by Crippen LogP contribution is 2.21. The lowest BCUT2D eigenvalue weighted by Gasteiger charge is -2.21. The van der Waals surface area contributed by atoms with Gasteiger partial charge < -0.3 is 10.3 Å². The number of hydrogen-bond donors (Lipinski definition) is 1. The van der Waals surface area contributed by atoms with Crippen LogP contribution in [0.5, 0.6) is 0 Å². The van der Waals surface area contributed by atoms with Gasteiger partial charge in [-0.25, -0.2) is 0 Å². The Kier molecular flexibility index (Phi) is 5.17. The van der Waals surface area contributed by atoms with Crippen LogP contribution in [0.25, 0.3) is 0 Å². The Labute approximate surface area is 134 Å². The van der Waals surface area contributed by atoms with Crippen LogP contribution in [0.1, 0.15) is 44.5 Å². The highest BCUT2D eigenvalue weighted by Gasteiger charge is 2.18. The topological polar surface area (TPSA) is 64.9 Å². The van der Waals surface area contributed by atoms with E-state index in [0.717, 1.165) is 16.5 Å². The molecule has 1 aromatic carbocycles. The summed E-state index contributed by atoms with van der Waals surface area (Å²) < 4.78 is 6.36. The molecule has 0 bridgehead atoms. The lowest BCUT2D eigenvalue weighted by atomic mass is 9.87. The van der Waals surface area contributed by atoms with Gasteiger partial charge in [0.05, 0.1) is 0 Å². The number of nitrogens with zero attached hydrogens (tertiary/aromatic N) is 2. The molecule has 5 heteroatoms. The van der Waals surface area contributed by atoms with Crippen LogP contribution >= 0.6 is 15.9 Å². The van der Waals surface area contributed by atoms with E-state index in [1.807, 2.05) is 24.3 Å². The molecular formula is C16H22BrN3O. The minimum absolute atomic E-state index is 0.0472. The molecule has 4 nitrogen and oxygen atoms in total. The summed E-state index contributed by atoms with van der Waals surface area (Å²) in [5.41, 5.74) is 7.50. The van der Waals surface area contributed by atoms with E-state index in [0.29, 0.717) is 24.6 Å². The zero-order valence-electron chi connectivity index (χ0n) is 12.8. The summed E-state index contributed by atoms with van der Waals surface area (Å²) in [4.78, 5) is 4.43. The maximum Gasteiger partial charge on any atom is 0.228 e. The number of nitrogens with two attached hydrogens (primary N) is 1. The third kappa shape index (κ3) is 5.59. The molecule has 2 aromatic rings. The average molecular weight is 352 g/mol. The SMILES string of the molecule is CC(C)(C)CC(N)Cc1nc(Cc2ccc(Br)cc2)no1. The molecule has 0 radical (unpaired) electrons. The summed E-state index contributed by atoms with van der Waals surface area (Å²) >= 11 is 3.42. The summed E-state index contributed by atoms with van der Waals surface area (Å²) in [5, 5.41) is 4.03. The second-order valence-electron chi connectivity index (χ2n) is 6.64. The molecule has 1 atom stereocenters. The highest BCUT2D eigenvalue weighted by molar-refractivity contribution is 9.10. The number of benzene rings is 1. The standard InChI is InChI=1S/C16H22BrN3O/c1-16(2,3)10-13(18)9-15-19-14(20-21-15)8-11-4-6-12(17)7-5-11/h4-7,13H,8-10,18H2,1-3H3. The normalized spacial score (nSPS) is 13.4. The van der Waals surface area contributed by atoms with Crippen molar-refractivity contribution in [1.82, 2.24) is 10.1 Å². The predicted octanol–water partition coefficient (Wildman–Crippen LogP) is 3.73. The van der Waals surface area contributed by atoms with Crippen LogP contribution in [-0.4, -0.2) is 16.2 Å². The molecule has 21 heavy (non-hydrogen) atoms. The van der Waals surface area contributed by atoms with Crippen LogP contribution in [0, 0.1) is 5.41 Å². The van der Waals surface area contributed by atoms with Crippen LogP contribution in [0.4, 0.5) is 0 Å². The zero-order valence-corrected chi connectivity index (χ0v) is 14.4. The van der Waals surface area contributed by atoms with E-state index in [1.54, 1.807) is 0 Å². The van der Waals surface area contributed by atoms with Crippen molar-refractivity contribution >= 4 is 15.9 Å². The first kappa shape index (κ1) is 16.2. The molecule has 1 unspecified atom stereocenters. The van der Waals surface area contributed by atoms with Crippen molar-refractivity contribution in [3.8, 4) is 0 Å². The molecule has 1 heterocycles. The summed E-state index contributed by atoms with van der Waals surface area (Å²) in [6.07, 6.45) is 2.23. The molecule has 0 fully saturated rings. The summed E-state index contributed by atoms with van der Waals surface area (Å²) in [7, 11) is 0. The molecule has 0 amide bonds. The van der Waals surface area contributed by atoms with E-state index in [2.05, 4.69) is 46.8 Å². The van der Waals surface area contributed by atoms with E-state index >= 15 is 0 Å². The van der Waals surface area contributed by atoms with Crippen molar-refractivity contribution in [2.24, 2.45) is 11.1 Å². The van der Waals surface area contributed by atoms with Gasteiger partial charge >= 0.3 is 0 Å². The Balaban J connectivity index is 1.93. The molecule has 0 aliphatic heterocycles. The van der Waals surface area contributed by atoms with E-state index in [9.17, 15) is 0 Å². The van der Waals surface area contributed by atoms with Crippen LogP contribution in [0.3, 0.4) is 0 Å². The van der Waals surface area contributed by atoms with Crippen LogP contribution in [-0.2, 0) is 12.8 Å². The number of rotatable bonds is 5. The number of aromatic nitrogens is 2. The Morgan fingerprint density at radius 3 is 2.52 bits per heavy atom. The minimum Gasteiger partial charge on any atom is -0.339 e. The Morgan fingerprint density at radius 1 is 1.24 bits per heavy atom. The molecule has 2 rings (SSSR count). The van der Waals surface area contributed by atoms with Gasteiger partial charge in [0.15, 0.2) is 5.82 Å². The predicted molar refractivity (Wildman–Crippen MR) is 87.0 cm³/mol. The van der Waals surface area contributed by atoms with Gasteiger partial charge in [0.25, 0.3) is 0 Å². The Morgan fingerprint density at radius 2 is 1.90 bits per heavy atom. The molecule has 0 aliphatic carbocycles. The second kappa shape index (κ2) is 6.71. The van der Waals surface area contributed by atoms with Gasteiger partial charge in [-0.3, -0.25) is 0 Å². The van der Waals surface area contributed by atoms with E-state index in [4.69, 9.17) is 10.3 Å². The Hall–Kier alpha value is -1.20. The van der Waals surface area contributed by atoms with Gasteiger partial charge in [0, 0.05) is 23.4 Å². The van der Waals surface area contributed by atoms with Crippen molar-refractivity contribution in [2.75, 3.05) is 0 Å². The van der Waals surface area contributed by atoms with Gasteiger partial charge in [0.1, 0.15) is 0 Å². The minimum atomic E-state index is 0.0472. The molecule has 2 N–H and O–H groups in total. The smallest absolute Gasteiger partial charge is 0.228 e. The van der Waals surface area contributed by atoms with Gasteiger partial charge in [-0.15, -0.1) is 0 Å². The van der Waals surface area contributed by atoms with E-state index in [-0.39, 0.29) is 11.5 Å². The fourth-order valence-corrected chi connectivity index (χ4v) is 2.58. The van der Waals surface area contributed by atoms with Crippen LogP contribution in [0.15, 0.2) is 33.3 Å². The number of halogens is 1. The third-order valence-electron chi connectivity index (χ3n) is 3.10. The van der Waals surface area contributed by atoms with E-state index < -0.39 is 0 Å². The molecule has 0 saturated heterocycles. The maximum absolute atomic E-state index is 6.14. The first-order valence-corrected chi connectivity index (χ1v) is 7.92. The summed E-state index contributed by atoms with van der Waals surface area (Å²) in [5.74, 6) is 1.33. The van der Waals surface area contributed by atoms with Crippen molar-refractivity contribution in [3.05, 3.63) is 46.0 Å². The lowest BCUT2D eigenvalue weighted by molar-refractivity contribution is 0.312. The second-order valence-corrected chi connectivity index (χ2v) is 7.55. The first-order valence-electron chi connectivity index (χ1n) is 7.13. The van der Waals surface area contributed by atoms with Crippen molar-refractivity contribution in [3.63, 3.8) is 0 Å². The average Bonchev–Trinajstić information content (AvgIpc) is 2.77. The zero-order chi connectivity index (χ0) is 15.5. The van der Waals surface area contributed by atoms with E-state index in [1.165, 1.54) is 0 Å². The molecular weight excluding hydrogens is 330 g/mol. The largest absolute Gasteiger partial charge is 0.339 e. The summed E-state index contributed by atoms with van der Waals surface area (Å²) in [6.45, 7) is 6.54. The third-order valence-corrected chi connectivity index (χ3v) is 3.63. The Bertz CT molecular complexity index is 572. The quantitative estimate of drug-likeness (QED) is 0.891. The van der Waals surface area contributed by atoms with Crippen molar-refractivity contribution in [1.29, 1.82) is 0 Å². The van der Waals surface area contributed by atoms with Crippen LogP contribution < -0.4 is 5.73 Å². The van der Waals surface area contributed by atoms with Crippen molar-refractivity contribution < 1.29 is 4.52 Å².